The van der Waals surface area contributed by atoms with Crippen LogP contribution in [-0.2, 0) is 0 Å². The summed E-state index contributed by atoms with van der Waals surface area (Å²) in [5.41, 5.74) is 0.514. The van der Waals surface area contributed by atoms with Crippen LogP contribution in [0.4, 0.5) is 4.39 Å². The molecule has 0 amide bonds. The molecule has 1 nitrogen and oxygen atoms in total. The van der Waals surface area contributed by atoms with Gasteiger partial charge in [-0.3, -0.25) is 0 Å². The number of nitrogens with zero attached hydrogens (tertiary/aromatic N) is 1. The number of halogens is 1. The van der Waals surface area contributed by atoms with Crippen LogP contribution in [0.1, 0.15) is 5.69 Å². The summed E-state index contributed by atoms with van der Waals surface area (Å²) in [5, 5.41) is 1.12. The quantitative estimate of drug-likeness (QED) is 0.538. The van der Waals surface area contributed by atoms with E-state index in [2.05, 4.69) is 10.9 Å². The van der Waals surface area contributed by atoms with Crippen molar-refractivity contribution in [3.63, 3.8) is 0 Å². The summed E-state index contributed by atoms with van der Waals surface area (Å²) in [6.07, 6.45) is 6.32. The number of thiazole rings is 1. The standard InChI is InChI=1S/C6H3FNS/c1-2-3-5-4-9-6(7)8-5/h1,3-4H. The summed E-state index contributed by atoms with van der Waals surface area (Å²) in [4.78, 5) is 3.45. The summed E-state index contributed by atoms with van der Waals surface area (Å²) >= 11 is 0.940. The molecule has 0 fully saturated rings. The number of aromatic nitrogens is 1. The van der Waals surface area contributed by atoms with E-state index in [0.29, 0.717) is 5.69 Å². The maximum absolute atomic E-state index is 12.1. The summed E-state index contributed by atoms with van der Waals surface area (Å²) in [6.45, 7) is 0. The van der Waals surface area contributed by atoms with Crippen LogP contribution in [0.2, 0.25) is 0 Å². The Bertz CT molecular complexity index is 235. The second-order valence-corrected chi connectivity index (χ2v) is 2.14. The van der Waals surface area contributed by atoms with Gasteiger partial charge in [-0.15, -0.1) is 6.42 Å². The Balaban J connectivity index is 2.76. The predicted molar refractivity (Wildman–Crippen MR) is 34.3 cm³/mol. The smallest absolute Gasteiger partial charge is 0.213 e. The van der Waals surface area contributed by atoms with Gasteiger partial charge in [0.15, 0.2) is 0 Å². The monoisotopic (exact) mass is 140 g/mol. The molecule has 0 N–H and O–H groups in total. The SMILES string of the molecule is C#C[CH]c1csc(F)n1. The minimum Gasteiger partial charge on any atom is -0.213 e. The highest BCUT2D eigenvalue weighted by molar-refractivity contribution is 7.08. The number of hydrogen-bond donors (Lipinski definition) is 0. The first kappa shape index (κ1) is 6.24. The van der Waals surface area contributed by atoms with Crippen molar-refractivity contribution in [1.82, 2.24) is 4.98 Å². The van der Waals surface area contributed by atoms with E-state index in [-0.39, 0.29) is 0 Å². The van der Waals surface area contributed by atoms with Gasteiger partial charge in [-0.05, 0) is 0 Å². The minimum atomic E-state index is -0.448. The average Bonchev–Trinajstić information content (AvgIpc) is 2.17. The van der Waals surface area contributed by atoms with Crippen molar-refractivity contribution in [2.24, 2.45) is 0 Å². The van der Waals surface area contributed by atoms with Gasteiger partial charge >= 0.3 is 0 Å². The van der Waals surface area contributed by atoms with Crippen molar-refractivity contribution in [2.75, 3.05) is 0 Å². The fraction of sp³-hybridized carbons (Fsp3) is 0. The van der Waals surface area contributed by atoms with Crippen LogP contribution in [0, 0.1) is 24.0 Å². The van der Waals surface area contributed by atoms with E-state index in [1.807, 2.05) is 0 Å². The predicted octanol–water partition coefficient (Wildman–Crippen LogP) is 1.47. The summed E-state index contributed by atoms with van der Waals surface area (Å²) in [5.74, 6) is 2.25. The molecule has 0 aromatic carbocycles. The third kappa shape index (κ3) is 1.51. The van der Waals surface area contributed by atoms with Crippen molar-refractivity contribution >= 4 is 11.3 Å². The van der Waals surface area contributed by atoms with Crippen LogP contribution in [0.15, 0.2) is 5.38 Å². The van der Waals surface area contributed by atoms with Gasteiger partial charge in [0, 0.05) is 5.38 Å². The Kier molecular flexibility index (Phi) is 1.81. The lowest BCUT2D eigenvalue weighted by molar-refractivity contribution is 0.615. The van der Waals surface area contributed by atoms with Gasteiger partial charge in [0.05, 0.1) is 12.1 Å². The van der Waals surface area contributed by atoms with Gasteiger partial charge in [0.2, 0.25) is 0 Å². The van der Waals surface area contributed by atoms with Gasteiger partial charge in [0.1, 0.15) is 0 Å². The van der Waals surface area contributed by atoms with Crippen molar-refractivity contribution in [3.8, 4) is 12.3 Å². The number of terminal acetylenes is 1. The highest BCUT2D eigenvalue weighted by atomic mass is 32.1. The first-order valence-corrected chi connectivity index (χ1v) is 3.11. The highest BCUT2D eigenvalue weighted by Gasteiger charge is 1.96. The molecule has 1 heterocycles. The zero-order valence-corrected chi connectivity index (χ0v) is 5.28. The molecule has 0 bridgehead atoms. The zero-order chi connectivity index (χ0) is 6.69. The van der Waals surface area contributed by atoms with E-state index in [0.717, 1.165) is 11.3 Å². The lowest BCUT2D eigenvalue weighted by Gasteiger charge is -1.77. The molecule has 0 aliphatic carbocycles. The van der Waals surface area contributed by atoms with Gasteiger partial charge in [-0.2, -0.15) is 4.39 Å². The van der Waals surface area contributed by atoms with Crippen LogP contribution in [0.25, 0.3) is 0 Å². The Hall–Kier alpha value is -0.880. The third-order valence-corrected chi connectivity index (χ3v) is 1.37. The number of rotatable bonds is 1. The molecule has 0 saturated carbocycles. The Morgan fingerprint density at radius 1 is 1.89 bits per heavy atom. The van der Waals surface area contributed by atoms with Crippen molar-refractivity contribution in [3.05, 3.63) is 22.8 Å². The molecule has 0 aliphatic heterocycles. The zero-order valence-electron chi connectivity index (χ0n) is 4.47. The molecule has 1 rings (SSSR count). The van der Waals surface area contributed by atoms with Gasteiger partial charge in [-0.1, -0.05) is 17.3 Å². The second kappa shape index (κ2) is 2.60. The van der Waals surface area contributed by atoms with Gasteiger partial charge in [0.25, 0.3) is 5.26 Å². The molecular weight excluding hydrogens is 137 g/mol. The largest absolute Gasteiger partial charge is 0.269 e. The Morgan fingerprint density at radius 3 is 3.11 bits per heavy atom. The van der Waals surface area contributed by atoms with Crippen LogP contribution < -0.4 is 0 Å². The fourth-order valence-corrected chi connectivity index (χ4v) is 0.912. The van der Waals surface area contributed by atoms with Gasteiger partial charge < -0.3 is 0 Å². The normalized spacial score (nSPS) is 8.89. The molecule has 0 unspecified atom stereocenters. The van der Waals surface area contributed by atoms with E-state index in [1.165, 1.54) is 6.42 Å². The van der Waals surface area contributed by atoms with E-state index < -0.39 is 5.26 Å². The molecular formula is C6H3FNS. The average molecular weight is 140 g/mol. The van der Waals surface area contributed by atoms with E-state index >= 15 is 0 Å². The van der Waals surface area contributed by atoms with Crippen molar-refractivity contribution in [1.29, 1.82) is 0 Å². The maximum atomic E-state index is 12.1. The second-order valence-electron chi connectivity index (χ2n) is 1.34. The molecule has 0 spiro atoms. The Morgan fingerprint density at radius 2 is 2.67 bits per heavy atom. The highest BCUT2D eigenvalue weighted by Crippen LogP contribution is 2.07. The molecule has 9 heavy (non-hydrogen) atoms. The first-order valence-electron chi connectivity index (χ1n) is 2.23. The van der Waals surface area contributed by atoms with Crippen LogP contribution in [0.3, 0.4) is 0 Å². The summed E-state index contributed by atoms with van der Waals surface area (Å²) in [6, 6.07) is 0. The molecule has 45 valence electrons. The summed E-state index contributed by atoms with van der Waals surface area (Å²) in [7, 11) is 0. The molecule has 1 radical (unpaired) electrons. The lowest BCUT2D eigenvalue weighted by atomic mass is 10.4. The molecule has 0 saturated heterocycles. The van der Waals surface area contributed by atoms with Crippen LogP contribution in [0.5, 0.6) is 0 Å². The van der Waals surface area contributed by atoms with Crippen LogP contribution in [-0.4, -0.2) is 4.98 Å². The lowest BCUT2D eigenvalue weighted by Crippen LogP contribution is -1.76. The van der Waals surface area contributed by atoms with E-state index in [4.69, 9.17) is 6.42 Å². The van der Waals surface area contributed by atoms with E-state index in [1.54, 1.807) is 5.38 Å². The molecule has 3 heteroatoms. The molecule has 0 aliphatic rings. The van der Waals surface area contributed by atoms with Gasteiger partial charge in [-0.25, -0.2) is 4.98 Å². The Labute approximate surface area is 56.6 Å². The number of hydrogen-bond acceptors (Lipinski definition) is 2. The van der Waals surface area contributed by atoms with E-state index in [9.17, 15) is 4.39 Å². The molecule has 0 atom stereocenters. The maximum Gasteiger partial charge on any atom is 0.269 e. The first-order chi connectivity index (χ1) is 4.33. The summed E-state index contributed by atoms with van der Waals surface area (Å²) < 4.78 is 12.1. The fourth-order valence-electron chi connectivity index (χ4n) is 0.415. The molecule has 1 aromatic heterocycles. The van der Waals surface area contributed by atoms with Crippen LogP contribution >= 0.6 is 11.3 Å². The molecule has 1 aromatic rings. The minimum absolute atomic E-state index is 0.448. The topological polar surface area (TPSA) is 12.9 Å². The van der Waals surface area contributed by atoms with Crippen molar-refractivity contribution < 1.29 is 4.39 Å². The third-order valence-electron chi connectivity index (χ3n) is 0.725. The van der Waals surface area contributed by atoms with Crippen molar-refractivity contribution in [2.45, 2.75) is 0 Å².